The number of nitrogens with one attached hydrogen (secondary N) is 4. The zero-order chi connectivity index (χ0) is 21.0. The predicted octanol–water partition coefficient (Wildman–Crippen LogP) is 1.10. The van der Waals surface area contributed by atoms with Gasteiger partial charge in [-0.25, -0.2) is 13.2 Å². The van der Waals surface area contributed by atoms with Crippen molar-refractivity contribution in [2.75, 3.05) is 4.72 Å². The number of aromatic amines is 2. The van der Waals surface area contributed by atoms with Gasteiger partial charge < -0.3 is 10.3 Å². The maximum atomic E-state index is 12.7. The average Bonchev–Trinajstić information content (AvgIpc) is 2.66. The molecule has 0 fully saturated rings. The number of H-pyrrole nitrogens is 2. The largest absolute Gasteiger partial charge is 0.348 e. The van der Waals surface area contributed by atoms with E-state index in [1.54, 1.807) is 12.1 Å². The molecule has 2 aromatic carbocycles. The highest BCUT2D eigenvalue weighted by atomic mass is 32.2. The van der Waals surface area contributed by atoms with Crippen LogP contribution < -0.4 is 21.3 Å². The lowest BCUT2D eigenvalue weighted by molar-refractivity contribution is 0.0952. The van der Waals surface area contributed by atoms with E-state index < -0.39 is 32.1 Å². The van der Waals surface area contributed by atoms with Gasteiger partial charge in [-0.3, -0.25) is 19.3 Å². The highest BCUT2D eigenvalue weighted by molar-refractivity contribution is 7.92. The fourth-order valence-electron chi connectivity index (χ4n) is 2.75. The Labute approximate surface area is 165 Å². The Kier molecular flexibility index (Phi) is 5.64. The minimum Gasteiger partial charge on any atom is -0.348 e. The van der Waals surface area contributed by atoms with Gasteiger partial charge in [0, 0.05) is 12.2 Å². The van der Waals surface area contributed by atoms with Crippen LogP contribution in [0.25, 0.3) is 0 Å². The van der Waals surface area contributed by atoms with Gasteiger partial charge in [0.2, 0.25) is 0 Å². The minimum atomic E-state index is -4.36. The number of hydrogen-bond acceptors (Lipinski definition) is 5. The quantitative estimate of drug-likeness (QED) is 0.478. The van der Waals surface area contributed by atoms with Crippen LogP contribution in [0.1, 0.15) is 21.6 Å². The van der Waals surface area contributed by atoms with Crippen molar-refractivity contribution in [1.29, 1.82) is 0 Å². The van der Waals surface area contributed by atoms with Gasteiger partial charge in [0.1, 0.15) is 0 Å². The van der Waals surface area contributed by atoms with Gasteiger partial charge in [0.05, 0.1) is 11.3 Å². The number of aromatic nitrogens is 2. The van der Waals surface area contributed by atoms with Crippen molar-refractivity contribution >= 4 is 21.6 Å². The third kappa shape index (κ3) is 4.61. The van der Waals surface area contributed by atoms with E-state index in [-0.39, 0.29) is 23.5 Å². The molecule has 1 aromatic heterocycles. The maximum absolute atomic E-state index is 12.7. The second-order valence-corrected chi connectivity index (χ2v) is 7.80. The molecular formula is C19H18N4O5S. The van der Waals surface area contributed by atoms with Crippen LogP contribution in [0.5, 0.6) is 0 Å². The van der Waals surface area contributed by atoms with Crippen LogP contribution in [-0.4, -0.2) is 24.3 Å². The van der Waals surface area contributed by atoms with Crippen LogP contribution >= 0.6 is 0 Å². The van der Waals surface area contributed by atoms with Crippen molar-refractivity contribution in [3.63, 3.8) is 0 Å². The molecular weight excluding hydrogens is 396 g/mol. The summed E-state index contributed by atoms with van der Waals surface area (Å²) in [6.45, 7) is 1.56. The standard InChI is InChI=1S/C19H18N4O5S/c1-12-16(18(25)22-19(26)21-12)29(27,28)23-15-10-6-5-9-14(15)17(24)20-11-13-7-3-2-4-8-13/h2-10,23H,11H2,1H3,(H,20,24)(H2,21,22,25,26). The molecule has 10 heteroatoms. The van der Waals surface area contributed by atoms with Gasteiger partial charge in [-0.15, -0.1) is 0 Å². The Morgan fingerprint density at radius 2 is 1.62 bits per heavy atom. The number of rotatable bonds is 6. The lowest BCUT2D eigenvalue weighted by Gasteiger charge is -2.13. The first-order valence-corrected chi connectivity index (χ1v) is 10.0. The summed E-state index contributed by atoms with van der Waals surface area (Å²) in [4.78, 5) is 39.4. The summed E-state index contributed by atoms with van der Waals surface area (Å²) in [5.41, 5.74) is -1.00. The van der Waals surface area contributed by atoms with Crippen molar-refractivity contribution in [2.24, 2.45) is 0 Å². The van der Waals surface area contributed by atoms with E-state index >= 15 is 0 Å². The van der Waals surface area contributed by atoms with Crippen LogP contribution in [0.4, 0.5) is 5.69 Å². The molecule has 1 heterocycles. The molecule has 1 amide bonds. The number of carbonyl (C=O) groups excluding carboxylic acids is 1. The maximum Gasteiger partial charge on any atom is 0.325 e. The number of carbonyl (C=O) groups is 1. The molecule has 0 spiro atoms. The average molecular weight is 414 g/mol. The number of benzene rings is 2. The van der Waals surface area contributed by atoms with Crippen molar-refractivity contribution in [3.05, 3.63) is 92.3 Å². The Bertz CT molecular complexity index is 1260. The summed E-state index contributed by atoms with van der Waals surface area (Å²) in [5, 5.41) is 2.72. The van der Waals surface area contributed by atoms with Gasteiger partial charge in [-0.05, 0) is 24.6 Å². The summed E-state index contributed by atoms with van der Waals surface area (Å²) in [6.07, 6.45) is 0. The summed E-state index contributed by atoms with van der Waals surface area (Å²) in [7, 11) is -4.36. The normalized spacial score (nSPS) is 11.1. The summed E-state index contributed by atoms with van der Waals surface area (Å²) >= 11 is 0. The fourth-order valence-corrected chi connectivity index (χ4v) is 4.07. The van der Waals surface area contributed by atoms with Crippen molar-refractivity contribution in [1.82, 2.24) is 15.3 Å². The zero-order valence-electron chi connectivity index (χ0n) is 15.4. The van der Waals surface area contributed by atoms with E-state index in [2.05, 4.69) is 15.0 Å². The summed E-state index contributed by atoms with van der Waals surface area (Å²) < 4.78 is 27.7. The van der Waals surface area contributed by atoms with Crippen molar-refractivity contribution in [3.8, 4) is 0 Å². The van der Waals surface area contributed by atoms with Gasteiger partial charge in [-0.2, -0.15) is 0 Å². The molecule has 0 saturated heterocycles. The van der Waals surface area contributed by atoms with E-state index in [1.165, 1.54) is 19.1 Å². The lowest BCUT2D eigenvalue weighted by atomic mass is 10.1. The summed E-state index contributed by atoms with van der Waals surface area (Å²) in [5.74, 6) is -0.487. The molecule has 150 valence electrons. The molecule has 0 bridgehead atoms. The van der Waals surface area contributed by atoms with E-state index in [1.807, 2.05) is 35.3 Å². The Morgan fingerprint density at radius 1 is 0.966 bits per heavy atom. The molecule has 0 aliphatic heterocycles. The van der Waals surface area contributed by atoms with Gasteiger partial charge in [0.25, 0.3) is 21.5 Å². The number of hydrogen-bond donors (Lipinski definition) is 4. The van der Waals surface area contributed by atoms with E-state index in [0.29, 0.717) is 0 Å². The number of para-hydroxylation sites is 1. The van der Waals surface area contributed by atoms with Gasteiger partial charge in [0.15, 0.2) is 4.90 Å². The molecule has 0 aliphatic rings. The van der Waals surface area contributed by atoms with Gasteiger partial charge >= 0.3 is 5.69 Å². The van der Waals surface area contributed by atoms with E-state index in [0.717, 1.165) is 5.56 Å². The molecule has 0 unspecified atom stereocenters. The van der Waals surface area contributed by atoms with Crippen LogP contribution in [-0.2, 0) is 16.6 Å². The molecule has 9 nitrogen and oxygen atoms in total. The van der Waals surface area contributed by atoms with Crippen LogP contribution in [0.15, 0.2) is 69.1 Å². The molecule has 3 aromatic rings. The number of sulfonamides is 1. The Morgan fingerprint density at radius 3 is 2.31 bits per heavy atom. The van der Waals surface area contributed by atoms with E-state index in [9.17, 15) is 22.8 Å². The first-order valence-electron chi connectivity index (χ1n) is 8.55. The second kappa shape index (κ2) is 8.15. The van der Waals surface area contributed by atoms with Crippen molar-refractivity contribution in [2.45, 2.75) is 18.4 Å². The van der Waals surface area contributed by atoms with Gasteiger partial charge in [-0.1, -0.05) is 42.5 Å². The first-order chi connectivity index (χ1) is 13.8. The van der Waals surface area contributed by atoms with Crippen LogP contribution in [0.2, 0.25) is 0 Å². The molecule has 0 radical (unpaired) electrons. The minimum absolute atomic E-state index is 0.00283. The van der Waals surface area contributed by atoms with Crippen LogP contribution in [0.3, 0.4) is 0 Å². The lowest BCUT2D eigenvalue weighted by Crippen LogP contribution is -2.32. The Hall–Kier alpha value is -3.66. The number of anilines is 1. The second-order valence-electron chi connectivity index (χ2n) is 6.18. The van der Waals surface area contributed by atoms with E-state index in [4.69, 9.17) is 0 Å². The SMILES string of the molecule is Cc1[nH]c(=O)[nH]c(=O)c1S(=O)(=O)Nc1ccccc1C(=O)NCc1ccccc1. The highest BCUT2D eigenvalue weighted by Gasteiger charge is 2.24. The smallest absolute Gasteiger partial charge is 0.325 e. The zero-order valence-corrected chi connectivity index (χ0v) is 16.2. The number of amides is 1. The molecule has 0 atom stereocenters. The molecule has 4 N–H and O–H groups in total. The predicted molar refractivity (Wildman–Crippen MR) is 107 cm³/mol. The molecule has 3 rings (SSSR count). The van der Waals surface area contributed by atoms with Crippen LogP contribution in [0, 0.1) is 6.92 Å². The first kappa shape index (κ1) is 20.1. The third-order valence-electron chi connectivity index (χ3n) is 4.06. The van der Waals surface area contributed by atoms with Crippen molar-refractivity contribution < 1.29 is 13.2 Å². The summed E-state index contributed by atoms with van der Waals surface area (Å²) in [6, 6.07) is 15.2. The molecule has 0 aliphatic carbocycles. The Balaban J connectivity index is 1.88. The highest BCUT2D eigenvalue weighted by Crippen LogP contribution is 2.19. The third-order valence-corrected chi connectivity index (χ3v) is 5.57. The topological polar surface area (TPSA) is 141 Å². The molecule has 29 heavy (non-hydrogen) atoms. The fraction of sp³-hybridized carbons (Fsp3) is 0.105. The molecule has 0 saturated carbocycles. The monoisotopic (exact) mass is 414 g/mol. The number of aryl methyl sites for hydroxylation is 1.